The molecule has 4 rings (SSSR count). The molecule has 0 atom stereocenters. The number of benzene rings is 2. The number of halogens is 6. The van der Waals surface area contributed by atoms with Gasteiger partial charge in [-0.05, 0) is 42.7 Å². The molecule has 0 radical (unpaired) electrons. The lowest BCUT2D eigenvalue weighted by Crippen LogP contribution is -2.48. The van der Waals surface area contributed by atoms with E-state index in [-0.39, 0.29) is 49.8 Å². The van der Waals surface area contributed by atoms with Gasteiger partial charge in [-0.1, -0.05) is 30.3 Å². The first-order chi connectivity index (χ1) is 17.4. The summed E-state index contributed by atoms with van der Waals surface area (Å²) in [5, 5.41) is 6.41. The number of carbonyl (C=O) groups excluding carboxylic acids is 2. The van der Waals surface area contributed by atoms with Crippen LogP contribution >= 0.6 is 0 Å². The quantitative estimate of drug-likeness (QED) is 0.433. The molecule has 1 fully saturated rings. The van der Waals surface area contributed by atoms with E-state index in [1.807, 2.05) is 0 Å². The topological polar surface area (TPSA) is 79.5 Å². The second-order valence-corrected chi connectivity index (χ2v) is 8.43. The van der Waals surface area contributed by atoms with Crippen LogP contribution in [0.4, 0.5) is 32.0 Å². The first-order valence-electron chi connectivity index (χ1n) is 11.2. The van der Waals surface area contributed by atoms with E-state index in [1.54, 1.807) is 42.5 Å². The van der Waals surface area contributed by atoms with Crippen LogP contribution in [0.2, 0.25) is 0 Å². The van der Waals surface area contributed by atoms with Crippen molar-refractivity contribution in [3.8, 4) is 11.5 Å². The molecule has 2 heterocycles. The average Bonchev–Trinajstić information content (AvgIpc) is 3.38. The Labute approximate surface area is 206 Å². The van der Waals surface area contributed by atoms with E-state index in [9.17, 15) is 35.9 Å². The first kappa shape index (κ1) is 26.2. The number of rotatable bonds is 5. The second kappa shape index (κ2) is 10.2. The predicted molar refractivity (Wildman–Crippen MR) is 118 cm³/mol. The largest absolute Gasteiger partial charge is 0.471 e. The number of alkyl halides is 6. The third-order valence-corrected chi connectivity index (χ3v) is 5.92. The summed E-state index contributed by atoms with van der Waals surface area (Å²) < 4.78 is 81.1. The highest BCUT2D eigenvalue weighted by Gasteiger charge is 2.44. The Kier molecular flexibility index (Phi) is 7.23. The number of carbonyl (C=O) groups is 2. The number of para-hydroxylation sites is 1. The fourth-order valence-electron chi connectivity index (χ4n) is 4.02. The fraction of sp³-hybridized carbons (Fsp3) is 0.333. The summed E-state index contributed by atoms with van der Waals surface area (Å²) in [4.78, 5) is 27.1. The lowest BCUT2D eigenvalue weighted by molar-refractivity contribution is -0.186. The summed E-state index contributed by atoms with van der Waals surface area (Å²) in [6.07, 6.45) is -9.56. The molecule has 0 bridgehead atoms. The maximum Gasteiger partial charge on any atom is 0.471 e. The zero-order valence-corrected chi connectivity index (χ0v) is 19.1. The molecule has 0 unspecified atom stereocenters. The van der Waals surface area contributed by atoms with Crippen molar-refractivity contribution in [2.45, 2.75) is 31.7 Å². The molecule has 0 saturated carbocycles. The van der Waals surface area contributed by atoms with E-state index in [0.29, 0.717) is 16.2 Å². The number of hydrogen-bond donors (Lipinski definition) is 0. The molecular formula is C24H20F6N4O3. The van der Waals surface area contributed by atoms with Crippen LogP contribution in [0.15, 0.2) is 59.0 Å². The summed E-state index contributed by atoms with van der Waals surface area (Å²) in [7, 11) is 0. The lowest BCUT2D eigenvalue weighted by atomic mass is 9.94. The molecule has 0 spiro atoms. The van der Waals surface area contributed by atoms with Gasteiger partial charge in [-0.15, -0.1) is 10.2 Å². The Morgan fingerprint density at radius 3 is 2.08 bits per heavy atom. The minimum Gasteiger partial charge on any atom is -0.413 e. The van der Waals surface area contributed by atoms with Gasteiger partial charge in [0.15, 0.2) is 0 Å². The van der Waals surface area contributed by atoms with Crippen LogP contribution in [0.1, 0.15) is 24.3 Å². The van der Waals surface area contributed by atoms with Gasteiger partial charge in [0.25, 0.3) is 0 Å². The standard InChI is InChI=1S/C24H20F6N4O3/c25-23(26,27)21-32-31-19(37-21)16-8-6-15(7-9-16)14-34(18-4-2-1-3-5-18)20(35)17-10-12-33(13-11-17)22(36)24(28,29)30/h1-9,17H,10-14H2. The molecule has 2 aromatic carbocycles. The number of aromatic nitrogens is 2. The molecule has 13 heteroatoms. The third kappa shape index (κ3) is 6.09. The highest BCUT2D eigenvalue weighted by Crippen LogP contribution is 2.31. The zero-order chi connectivity index (χ0) is 26.8. The van der Waals surface area contributed by atoms with E-state index in [2.05, 4.69) is 14.6 Å². The van der Waals surface area contributed by atoms with Gasteiger partial charge in [-0.25, -0.2) is 0 Å². The molecule has 37 heavy (non-hydrogen) atoms. The SMILES string of the molecule is O=C(C1CCN(C(=O)C(F)(F)F)CC1)N(Cc1ccc(-c2nnc(C(F)(F)F)o2)cc1)c1ccccc1. The summed E-state index contributed by atoms with van der Waals surface area (Å²) in [6.45, 7) is -0.269. The van der Waals surface area contributed by atoms with Crippen molar-refractivity contribution in [2.75, 3.05) is 18.0 Å². The maximum absolute atomic E-state index is 13.4. The Balaban J connectivity index is 1.49. The van der Waals surface area contributed by atoms with Gasteiger partial charge >= 0.3 is 24.2 Å². The highest BCUT2D eigenvalue weighted by atomic mass is 19.4. The number of piperidine rings is 1. The van der Waals surface area contributed by atoms with Gasteiger partial charge in [0.2, 0.25) is 11.8 Å². The smallest absolute Gasteiger partial charge is 0.413 e. The first-order valence-corrected chi connectivity index (χ1v) is 11.2. The van der Waals surface area contributed by atoms with Crippen molar-refractivity contribution in [3.05, 3.63) is 66.1 Å². The summed E-state index contributed by atoms with van der Waals surface area (Å²) in [5.74, 6) is -4.58. The molecule has 1 saturated heterocycles. The van der Waals surface area contributed by atoms with Crippen LogP contribution < -0.4 is 4.90 Å². The van der Waals surface area contributed by atoms with Crippen molar-refractivity contribution in [2.24, 2.45) is 5.92 Å². The van der Waals surface area contributed by atoms with Crippen LogP contribution in [0.25, 0.3) is 11.5 Å². The molecule has 3 aromatic rings. The van der Waals surface area contributed by atoms with Gasteiger partial charge in [0.1, 0.15) is 0 Å². The second-order valence-electron chi connectivity index (χ2n) is 8.43. The fourth-order valence-corrected chi connectivity index (χ4v) is 4.02. The Bertz CT molecular complexity index is 1230. The molecule has 7 nitrogen and oxygen atoms in total. The van der Waals surface area contributed by atoms with Crippen molar-refractivity contribution in [1.82, 2.24) is 15.1 Å². The minimum absolute atomic E-state index is 0.0849. The predicted octanol–water partition coefficient (Wildman–Crippen LogP) is 5.09. The van der Waals surface area contributed by atoms with Crippen molar-refractivity contribution < 1.29 is 40.3 Å². The number of amides is 2. The van der Waals surface area contributed by atoms with Gasteiger partial charge in [0.05, 0.1) is 6.54 Å². The normalized spacial score (nSPS) is 15.0. The minimum atomic E-state index is -4.96. The van der Waals surface area contributed by atoms with E-state index in [4.69, 9.17) is 0 Å². The van der Waals surface area contributed by atoms with Crippen molar-refractivity contribution >= 4 is 17.5 Å². The monoisotopic (exact) mass is 526 g/mol. The molecule has 2 amide bonds. The van der Waals surface area contributed by atoms with Crippen LogP contribution in [-0.2, 0) is 22.3 Å². The molecule has 196 valence electrons. The van der Waals surface area contributed by atoms with Gasteiger partial charge in [0, 0.05) is 30.3 Å². The zero-order valence-electron chi connectivity index (χ0n) is 19.1. The summed E-state index contributed by atoms with van der Waals surface area (Å²) in [6, 6.07) is 14.8. The molecule has 1 aromatic heterocycles. The van der Waals surface area contributed by atoms with Crippen LogP contribution in [0, 0.1) is 5.92 Å². The molecular weight excluding hydrogens is 506 g/mol. The maximum atomic E-state index is 13.4. The van der Waals surface area contributed by atoms with E-state index in [0.717, 1.165) is 0 Å². The highest BCUT2D eigenvalue weighted by molar-refractivity contribution is 5.95. The van der Waals surface area contributed by atoms with E-state index >= 15 is 0 Å². The Morgan fingerprint density at radius 1 is 0.919 bits per heavy atom. The Hall–Kier alpha value is -3.90. The molecule has 0 aliphatic carbocycles. The van der Waals surface area contributed by atoms with Crippen LogP contribution in [0.5, 0.6) is 0 Å². The molecule has 0 N–H and O–H groups in total. The number of anilines is 1. The number of hydrogen-bond acceptors (Lipinski definition) is 5. The Morgan fingerprint density at radius 2 is 1.54 bits per heavy atom. The van der Waals surface area contributed by atoms with E-state index < -0.39 is 30.1 Å². The van der Waals surface area contributed by atoms with Crippen molar-refractivity contribution in [1.29, 1.82) is 0 Å². The van der Waals surface area contributed by atoms with Gasteiger partial charge in [-0.3, -0.25) is 9.59 Å². The average molecular weight is 526 g/mol. The number of likely N-dealkylation sites (tertiary alicyclic amines) is 1. The molecule has 1 aliphatic rings. The van der Waals surface area contributed by atoms with E-state index in [1.165, 1.54) is 17.0 Å². The van der Waals surface area contributed by atoms with Gasteiger partial charge in [-0.2, -0.15) is 26.3 Å². The summed E-state index contributed by atoms with van der Waals surface area (Å²) in [5.41, 5.74) is 1.46. The summed E-state index contributed by atoms with van der Waals surface area (Å²) >= 11 is 0. The lowest BCUT2D eigenvalue weighted by Gasteiger charge is -2.34. The third-order valence-electron chi connectivity index (χ3n) is 5.92. The molecule has 1 aliphatic heterocycles. The van der Waals surface area contributed by atoms with Crippen LogP contribution in [-0.4, -0.2) is 46.2 Å². The van der Waals surface area contributed by atoms with Crippen LogP contribution in [0.3, 0.4) is 0 Å². The van der Waals surface area contributed by atoms with Gasteiger partial charge < -0.3 is 14.2 Å². The number of nitrogens with zero attached hydrogens (tertiary/aromatic N) is 4. The van der Waals surface area contributed by atoms with Crippen molar-refractivity contribution in [3.63, 3.8) is 0 Å².